The molecule has 1 aliphatic rings. The zero-order valence-electron chi connectivity index (χ0n) is 16.8. The molecule has 1 heterocycles. The van der Waals surface area contributed by atoms with Gasteiger partial charge in [-0.15, -0.1) is 0 Å². The van der Waals surface area contributed by atoms with Gasteiger partial charge in [-0.2, -0.15) is 4.31 Å². The highest BCUT2D eigenvalue weighted by atomic mass is 32.2. The van der Waals surface area contributed by atoms with Crippen LogP contribution < -0.4 is 15.8 Å². The predicted octanol–water partition coefficient (Wildman–Crippen LogP) is 3.04. The number of guanidine groups is 1. The number of piperidine rings is 1. The number of rotatable bonds is 6. The van der Waals surface area contributed by atoms with Crippen molar-refractivity contribution in [2.45, 2.75) is 31.2 Å². The van der Waals surface area contributed by atoms with E-state index in [1.54, 1.807) is 35.7 Å². The van der Waals surface area contributed by atoms with Gasteiger partial charge in [0.25, 0.3) is 0 Å². The van der Waals surface area contributed by atoms with E-state index in [9.17, 15) is 8.42 Å². The van der Waals surface area contributed by atoms with Crippen LogP contribution in [0.15, 0.2) is 58.4 Å². The summed E-state index contributed by atoms with van der Waals surface area (Å²) >= 11 is 0. The number of nitrogens with two attached hydrogens (primary N) is 1. The standard InChI is InChI=1S/C21H28N4O3S/c1-16-5-4-12-25(15-16)29(26,27)20-10-8-17(9-11-20)14-23-21(22)24-18-6-3-7-19(13-18)28-2/h3,6-11,13,16H,4-5,12,14-15H2,1-2H3,(H3,22,23,24). The summed E-state index contributed by atoms with van der Waals surface area (Å²) in [7, 11) is -1.84. The number of nitrogens with one attached hydrogen (secondary N) is 1. The van der Waals surface area contributed by atoms with E-state index >= 15 is 0 Å². The molecular weight excluding hydrogens is 388 g/mol. The Balaban J connectivity index is 1.63. The minimum Gasteiger partial charge on any atom is -0.497 e. The van der Waals surface area contributed by atoms with Crippen LogP contribution >= 0.6 is 0 Å². The number of nitrogens with zero attached hydrogens (tertiary/aromatic N) is 2. The van der Waals surface area contributed by atoms with Crippen molar-refractivity contribution in [3.05, 3.63) is 54.1 Å². The topological polar surface area (TPSA) is 97.0 Å². The minimum atomic E-state index is -3.44. The monoisotopic (exact) mass is 416 g/mol. The maximum atomic E-state index is 12.8. The lowest BCUT2D eigenvalue weighted by molar-refractivity contribution is 0.281. The van der Waals surface area contributed by atoms with Crippen LogP contribution in [0.4, 0.5) is 5.69 Å². The molecule has 8 heteroatoms. The third kappa shape index (κ3) is 5.48. The van der Waals surface area contributed by atoms with Crippen molar-refractivity contribution in [2.24, 2.45) is 16.6 Å². The lowest BCUT2D eigenvalue weighted by atomic mass is 10.0. The van der Waals surface area contributed by atoms with Crippen molar-refractivity contribution in [1.82, 2.24) is 4.31 Å². The predicted molar refractivity (Wildman–Crippen MR) is 116 cm³/mol. The highest BCUT2D eigenvalue weighted by molar-refractivity contribution is 7.89. The van der Waals surface area contributed by atoms with Gasteiger partial charge in [0.15, 0.2) is 5.96 Å². The fraction of sp³-hybridized carbons (Fsp3) is 0.381. The first-order valence-corrected chi connectivity index (χ1v) is 11.1. The highest BCUT2D eigenvalue weighted by Gasteiger charge is 2.28. The lowest BCUT2D eigenvalue weighted by Crippen LogP contribution is -2.39. The smallest absolute Gasteiger partial charge is 0.243 e. The molecule has 0 aromatic heterocycles. The summed E-state index contributed by atoms with van der Waals surface area (Å²) in [6.45, 7) is 3.61. The van der Waals surface area contributed by atoms with Crippen LogP contribution in [-0.2, 0) is 16.6 Å². The molecule has 2 aromatic carbocycles. The molecule has 3 rings (SSSR count). The van der Waals surface area contributed by atoms with Crippen molar-refractivity contribution >= 4 is 21.7 Å². The van der Waals surface area contributed by atoms with Crippen LogP contribution in [0.2, 0.25) is 0 Å². The Bertz CT molecular complexity index is 958. The van der Waals surface area contributed by atoms with Gasteiger partial charge < -0.3 is 15.8 Å². The Morgan fingerprint density at radius 3 is 2.72 bits per heavy atom. The number of sulfonamides is 1. The molecule has 0 amide bonds. The van der Waals surface area contributed by atoms with Crippen LogP contribution in [0.5, 0.6) is 5.75 Å². The Labute approximate surface area is 172 Å². The molecule has 0 aliphatic carbocycles. The largest absolute Gasteiger partial charge is 0.497 e. The molecule has 1 unspecified atom stereocenters. The number of hydrogen-bond acceptors (Lipinski definition) is 4. The lowest BCUT2D eigenvalue weighted by Gasteiger charge is -2.30. The average Bonchev–Trinajstić information content (AvgIpc) is 2.72. The minimum absolute atomic E-state index is 0.275. The molecule has 0 radical (unpaired) electrons. The number of anilines is 1. The van der Waals surface area contributed by atoms with E-state index in [1.165, 1.54) is 0 Å². The fourth-order valence-electron chi connectivity index (χ4n) is 3.35. The van der Waals surface area contributed by atoms with Crippen LogP contribution in [-0.4, -0.2) is 38.9 Å². The van der Waals surface area contributed by atoms with Gasteiger partial charge >= 0.3 is 0 Å². The maximum Gasteiger partial charge on any atom is 0.243 e. The second-order valence-corrected chi connectivity index (χ2v) is 9.25. The number of hydrogen-bond donors (Lipinski definition) is 2. The first kappa shape index (κ1) is 21.1. The Kier molecular flexibility index (Phi) is 6.76. The highest BCUT2D eigenvalue weighted by Crippen LogP contribution is 2.23. The van der Waals surface area contributed by atoms with Crippen molar-refractivity contribution in [3.63, 3.8) is 0 Å². The molecule has 7 nitrogen and oxygen atoms in total. The van der Waals surface area contributed by atoms with E-state index in [-0.39, 0.29) is 5.96 Å². The van der Waals surface area contributed by atoms with Gasteiger partial charge in [0.2, 0.25) is 10.0 Å². The molecule has 1 aliphatic heterocycles. The Hall–Kier alpha value is -2.58. The molecule has 29 heavy (non-hydrogen) atoms. The van der Waals surface area contributed by atoms with E-state index in [2.05, 4.69) is 17.2 Å². The summed E-state index contributed by atoms with van der Waals surface area (Å²) in [5.74, 6) is 1.40. The SMILES string of the molecule is COc1cccc(NC(N)=NCc2ccc(S(=O)(=O)N3CCCC(C)C3)cc2)c1. The van der Waals surface area contributed by atoms with Crippen LogP contribution in [0.3, 0.4) is 0 Å². The third-order valence-electron chi connectivity index (χ3n) is 4.95. The van der Waals surface area contributed by atoms with E-state index in [0.29, 0.717) is 30.4 Å². The number of ether oxygens (including phenoxy) is 1. The van der Waals surface area contributed by atoms with Crippen molar-refractivity contribution in [3.8, 4) is 5.75 Å². The van der Waals surface area contributed by atoms with E-state index in [0.717, 1.165) is 29.8 Å². The van der Waals surface area contributed by atoms with Gasteiger partial charge in [-0.1, -0.05) is 25.1 Å². The van der Waals surface area contributed by atoms with E-state index in [4.69, 9.17) is 10.5 Å². The maximum absolute atomic E-state index is 12.8. The van der Waals surface area contributed by atoms with Crippen LogP contribution in [0.25, 0.3) is 0 Å². The summed E-state index contributed by atoms with van der Waals surface area (Å²) in [6.07, 6.45) is 1.99. The van der Waals surface area contributed by atoms with Gasteiger partial charge in [0, 0.05) is 24.8 Å². The zero-order chi connectivity index (χ0) is 20.9. The molecule has 0 bridgehead atoms. The molecule has 1 atom stereocenters. The normalized spacial score (nSPS) is 18.4. The molecule has 1 fully saturated rings. The summed E-state index contributed by atoms with van der Waals surface area (Å²) in [5.41, 5.74) is 7.61. The second-order valence-electron chi connectivity index (χ2n) is 7.31. The first-order valence-electron chi connectivity index (χ1n) is 9.68. The molecular formula is C21H28N4O3S. The van der Waals surface area contributed by atoms with Crippen molar-refractivity contribution in [1.29, 1.82) is 0 Å². The average molecular weight is 417 g/mol. The Morgan fingerprint density at radius 2 is 2.03 bits per heavy atom. The fourth-order valence-corrected chi connectivity index (χ4v) is 4.94. The van der Waals surface area contributed by atoms with Crippen LogP contribution in [0, 0.1) is 5.92 Å². The summed E-state index contributed by atoms with van der Waals surface area (Å²) in [5, 5.41) is 3.01. The second kappa shape index (κ2) is 9.28. The van der Waals surface area contributed by atoms with Gasteiger partial charge in [0.05, 0.1) is 18.6 Å². The van der Waals surface area contributed by atoms with Crippen molar-refractivity contribution in [2.75, 3.05) is 25.5 Å². The zero-order valence-corrected chi connectivity index (χ0v) is 17.7. The van der Waals surface area contributed by atoms with Gasteiger partial charge in [-0.05, 0) is 48.6 Å². The van der Waals surface area contributed by atoms with Gasteiger partial charge in [-0.25, -0.2) is 13.4 Å². The first-order chi connectivity index (χ1) is 13.9. The third-order valence-corrected chi connectivity index (χ3v) is 6.83. The molecule has 156 valence electrons. The molecule has 0 saturated carbocycles. The van der Waals surface area contributed by atoms with E-state index in [1.807, 2.05) is 24.3 Å². The molecule has 3 N–H and O–H groups in total. The summed E-state index contributed by atoms with van der Waals surface area (Å²) in [6, 6.07) is 14.2. The van der Waals surface area contributed by atoms with Gasteiger partial charge in [0.1, 0.15) is 5.75 Å². The van der Waals surface area contributed by atoms with Gasteiger partial charge in [-0.3, -0.25) is 0 Å². The molecule has 1 saturated heterocycles. The Morgan fingerprint density at radius 1 is 1.28 bits per heavy atom. The van der Waals surface area contributed by atoms with Crippen molar-refractivity contribution < 1.29 is 13.2 Å². The number of methoxy groups -OCH3 is 1. The van der Waals surface area contributed by atoms with Crippen LogP contribution in [0.1, 0.15) is 25.3 Å². The summed E-state index contributed by atoms with van der Waals surface area (Å²) in [4.78, 5) is 4.64. The van der Waals surface area contributed by atoms with E-state index < -0.39 is 10.0 Å². The molecule has 2 aromatic rings. The number of benzene rings is 2. The number of aliphatic imine (C=N–C) groups is 1. The summed E-state index contributed by atoms with van der Waals surface area (Å²) < 4.78 is 32.4. The molecule has 0 spiro atoms. The quantitative estimate of drug-likeness (QED) is 0.557.